The summed E-state index contributed by atoms with van der Waals surface area (Å²) in [6.45, 7) is 0. The van der Waals surface area contributed by atoms with Crippen molar-refractivity contribution >= 4 is 106 Å². The van der Waals surface area contributed by atoms with Gasteiger partial charge in [0.2, 0.25) is 0 Å². The quantitative estimate of drug-likeness (QED) is 0.0394. The van der Waals surface area contributed by atoms with E-state index in [0.29, 0.717) is 45.2 Å². The van der Waals surface area contributed by atoms with Crippen molar-refractivity contribution in [1.82, 2.24) is 0 Å². The van der Waals surface area contributed by atoms with E-state index < -0.39 is 32.3 Å². The molecule has 0 fully saturated rings. The summed E-state index contributed by atoms with van der Waals surface area (Å²) in [6.07, 6.45) is 0. The van der Waals surface area contributed by atoms with Crippen molar-refractivity contribution in [2.75, 3.05) is 22.9 Å². The number of phenols is 1. The summed E-state index contributed by atoms with van der Waals surface area (Å²) in [5.41, 5.74) is 29.3. The molecule has 70 heavy (non-hydrogen) atoms. The Balaban J connectivity index is 0.00000402. The normalized spacial score (nSPS) is 11.8. The fourth-order valence-corrected chi connectivity index (χ4v) is 7.15. The average Bonchev–Trinajstić information content (AvgIpc) is 3.33. The van der Waals surface area contributed by atoms with Gasteiger partial charge < -0.3 is 42.5 Å². The zero-order valence-corrected chi connectivity index (χ0v) is 41.9. The van der Waals surface area contributed by atoms with Gasteiger partial charge in [0.05, 0.1) is 62.1 Å². The molecule has 8 aromatic carbocycles. The second-order valence-corrected chi connectivity index (χ2v) is 15.9. The maximum absolute atomic E-state index is 12.7. The fraction of sp³-hybridized carbons (Fsp3) is 0. The fourth-order valence-electron chi connectivity index (χ4n) is 6.51. The summed E-state index contributed by atoms with van der Waals surface area (Å²) in [7, 11) is -5.12. The maximum Gasteiger partial charge on any atom is 1.00 e. The van der Waals surface area contributed by atoms with Crippen molar-refractivity contribution in [3.8, 4) is 16.9 Å². The summed E-state index contributed by atoms with van der Waals surface area (Å²) in [4.78, 5) is 10.5. The van der Waals surface area contributed by atoms with Gasteiger partial charge in [-0.25, -0.2) is 8.42 Å². The second-order valence-electron chi connectivity index (χ2n) is 14.6. The number of fused-ring (bicyclic) bond motifs is 1. The van der Waals surface area contributed by atoms with Gasteiger partial charge in [0, 0.05) is 22.0 Å². The number of carboxylic acids is 1. The molecule has 0 aliphatic carbocycles. The molecule has 20 nitrogen and oxygen atoms in total. The van der Waals surface area contributed by atoms with Crippen molar-refractivity contribution in [2.24, 2.45) is 51.1 Å². The van der Waals surface area contributed by atoms with Crippen LogP contribution in [0.2, 0.25) is 0 Å². The van der Waals surface area contributed by atoms with Crippen LogP contribution in [0, 0.1) is 0 Å². The third-order valence-electron chi connectivity index (χ3n) is 9.98. The molecule has 0 spiro atoms. The van der Waals surface area contributed by atoms with E-state index in [4.69, 9.17) is 22.9 Å². The Morgan fingerprint density at radius 1 is 0.471 bits per heavy atom. The molecule has 8 aromatic rings. The van der Waals surface area contributed by atoms with E-state index in [0.717, 1.165) is 23.3 Å². The molecule has 0 amide bonds. The molecule has 0 saturated heterocycles. The molecule has 0 aliphatic rings. The zero-order chi connectivity index (χ0) is 48.0. The first kappa shape index (κ1) is 51.8. The molecule has 9 N–H and O–H groups in total. The number of carbonyl (C=O) groups is 1. The number of carboxylic acid groups (broad SMARTS) is 1. The first-order valence-electron chi connectivity index (χ1n) is 20.0. The Hall–Kier alpha value is -7.60. The van der Waals surface area contributed by atoms with Crippen LogP contribution in [-0.2, 0) is 10.1 Å². The van der Waals surface area contributed by atoms with E-state index in [-0.39, 0.29) is 104 Å². The predicted molar refractivity (Wildman–Crippen MR) is 254 cm³/mol. The molecule has 0 atom stereocenters. The van der Waals surface area contributed by atoms with E-state index in [2.05, 4.69) is 51.1 Å². The Bertz CT molecular complexity index is 3540. The van der Waals surface area contributed by atoms with Crippen LogP contribution in [0.15, 0.2) is 208 Å². The molecular formula is C47H34N14Na2O6S. The standard InChI is InChI=1S/C47H36N14O6S.2Na/c48-28-12-18-38(37(49)22-28)57-55-31-4-3-5-32(23-31)56-58-39-19-20-40(45(51)44(39)50)59-60-41-25-43(68(65,66)67)46(35-7-2-1-6-34(35)41)61-53-30-15-10-27(11-16-30)26-8-13-29(14-9-26)52-54-33-17-21-42(62)36(24-33)47(63)64;;/h1-25,62H,48-51H2,(H,63,64)(H,65,66,67);;/q;2*+1/p-2. The summed E-state index contributed by atoms with van der Waals surface area (Å²) in [6, 6.07) is 40.1. The average molecular weight is 969 g/mol. The minimum absolute atomic E-state index is 0. The van der Waals surface area contributed by atoms with E-state index in [9.17, 15) is 28.0 Å². The van der Waals surface area contributed by atoms with Gasteiger partial charge in [-0.3, -0.25) is 0 Å². The van der Waals surface area contributed by atoms with Crippen LogP contribution in [0.5, 0.6) is 5.75 Å². The number of anilines is 4. The van der Waals surface area contributed by atoms with Crippen LogP contribution < -0.4 is 87.2 Å². The largest absolute Gasteiger partial charge is 1.00 e. The molecule has 0 radical (unpaired) electrons. The number of aromatic carboxylic acids is 1. The molecule has 23 heteroatoms. The van der Waals surface area contributed by atoms with Gasteiger partial charge in [-0.1, -0.05) is 54.6 Å². The van der Waals surface area contributed by atoms with Crippen LogP contribution in [0.3, 0.4) is 0 Å². The topological polar surface area (TPSA) is 345 Å². The van der Waals surface area contributed by atoms with Crippen molar-refractivity contribution in [3.63, 3.8) is 0 Å². The molecule has 0 unspecified atom stereocenters. The van der Waals surface area contributed by atoms with Crippen LogP contribution >= 0.6 is 0 Å². The molecule has 8 rings (SSSR count). The van der Waals surface area contributed by atoms with E-state index in [1.54, 1.807) is 115 Å². The van der Waals surface area contributed by atoms with Crippen LogP contribution in [0.1, 0.15) is 10.4 Å². The number of aromatic hydroxyl groups is 1. The minimum Gasteiger partial charge on any atom is -0.744 e. The van der Waals surface area contributed by atoms with Gasteiger partial charge in [-0.05, 0) is 108 Å². The Morgan fingerprint density at radius 3 is 1.51 bits per heavy atom. The number of nitrogen functional groups attached to an aromatic ring is 4. The van der Waals surface area contributed by atoms with Crippen molar-refractivity contribution in [2.45, 2.75) is 4.90 Å². The summed E-state index contributed by atoms with van der Waals surface area (Å²) < 4.78 is 38.1. The number of benzene rings is 8. The number of nitrogens with zero attached hydrogens (tertiary/aromatic N) is 10. The van der Waals surface area contributed by atoms with Gasteiger partial charge in [-0.15, -0.1) is 25.6 Å². The van der Waals surface area contributed by atoms with E-state index in [1.807, 2.05) is 0 Å². The summed E-state index contributed by atoms with van der Waals surface area (Å²) in [5, 5.41) is 63.7. The van der Waals surface area contributed by atoms with Gasteiger partial charge in [0.25, 0.3) is 0 Å². The number of rotatable bonds is 13. The van der Waals surface area contributed by atoms with Gasteiger partial charge in [0.15, 0.2) is 0 Å². The number of hydrogen-bond donors (Lipinski definition) is 5. The molecule has 336 valence electrons. The van der Waals surface area contributed by atoms with Crippen LogP contribution in [0.25, 0.3) is 21.9 Å². The number of nitrogens with two attached hydrogens (primary N) is 4. The van der Waals surface area contributed by atoms with Crippen LogP contribution in [-0.4, -0.2) is 24.0 Å². The van der Waals surface area contributed by atoms with Crippen molar-refractivity contribution in [1.29, 1.82) is 0 Å². The van der Waals surface area contributed by atoms with Gasteiger partial charge in [-0.2, -0.15) is 25.6 Å². The van der Waals surface area contributed by atoms with Gasteiger partial charge >= 0.3 is 59.1 Å². The molecule has 0 saturated carbocycles. The summed E-state index contributed by atoms with van der Waals surface area (Å²) in [5.74, 6) is -1.98. The SMILES string of the molecule is Nc1ccc(N=Nc2cccc(N=Nc3ccc(N=Nc4cc(S(=O)(=O)[O-])c(N=Nc5ccc(-c6ccc(N=Nc7ccc(O)c(C(=O)[O-])c7)cc6)cc5)c5ccccc45)c(N)c3N)c2)c(N)c1.[Na+].[Na+]. The van der Waals surface area contributed by atoms with Crippen LogP contribution in [0.4, 0.5) is 79.6 Å². The first-order valence-corrected chi connectivity index (χ1v) is 21.4. The molecule has 0 bridgehead atoms. The third kappa shape index (κ3) is 12.3. The summed E-state index contributed by atoms with van der Waals surface area (Å²) >= 11 is 0. The number of hydrogen-bond acceptors (Lipinski definition) is 20. The zero-order valence-electron chi connectivity index (χ0n) is 37.1. The smallest absolute Gasteiger partial charge is 0.744 e. The van der Waals surface area contributed by atoms with E-state index >= 15 is 0 Å². The molecule has 0 aliphatic heterocycles. The number of carbonyl (C=O) groups excluding carboxylic acids is 1. The van der Waals surface area contributed by atoms with Gasteiger partial charge in [0.1, 0.15) is 38.6 Å². The van der Waals surface area contributed by atoms with Crippen molar-refractivity contribution in [3.05, 3.63) is 157 Å². The number of azo groups is 5. The predicted octanol–water partition coefficient (Wildman–Crippen LogP) is 5.89. The van der Waals surface area contributed by atoms with E-state index in [1.165, 1.54) is 24.3 Å². The Kier molecular flexibility index (Phi) is 16.8. The van der Waals surface area contributed by atoms with Crippen molar-refractivity contribution < 1.29 is 87.1 Å². The minimum atomic E-state index is -5.12. The first-order chi connectivity index (χ1) is 32.7. The maximum atomic E-state index is 12.7. The second kappa shape index (κ2) is 22.7. The molecule has 0 aromatic heterocycles. The Morgan fingerprint density at radius 2 is 0.943 bits per heavy atom. The molecular weight excluding hydrogens is 935 g/mol. The monoisotopic (exact) mass is 968 g/mol. The third-order valence-corrected chi connectivity index (χ3v) is 10.8. The Labute approximate surface area is 443 Å². The molecule has 0 heterocycles.